The Labute approximate surface area is 387 Å². The highest BCUT2D eigenvalue weighted by molar-refractivity contribution is 5.71. The second-order valence-corrected chi connectivity index (χ2v) is 20.2. The van der Waals surface area contributed by atoms with Gasteiger partial charge < -0.3 is 14.2 Å². The molecule has 6 nitrogen and oxygen atoms in total. The normalized spacial score (nSPS) is 12.0. The molecule has 6 heteroatoms. The lowest BCUT2D eigenvalue weighted by Gasteiger charge is -2.18. The van der Waals surface area contributed by atoms with E-state index in [1.165, 1.54) is 199 Å². The van der Waals surface area contributed by atoms with E-state index in [9.17, 15) is 14.4 Å². The zero-order valence-electron chi connectivity index (χ0n) is 42.5. The molecule has 0 N–H and O–H groups in total. The molecule has 0 heterocycles. The van der Waals surface area contributed by atoms with E-state index in [1.54, 1.807) is 0 Å². The summed E-state index contributed by atoms with van der Waals surface area (Å²) in [5, 5.41) is 0. The van der Waals surface area contributed by atoms with Gasteiger partial charge in [0.2, 0.25) is 0 Å². The number of esters is 3. The number of unbranched alkanes of at least 4 members (excludes halogenated alkanes) is 35. The van der Waals surface area contributed by atoms with Crippen LogP contribution in [0.15, 0.2) is 0 Å². The minimum absolute atomic E-state index is 0.0638. The van der Waals surface area contributed by atoms with Crippen LogP contribution in [-0.4, -0.2) is 37.2 Å². The van der Waals surface area contributed by atoms with Gasteiger partial charge >= 0.3 is 17.9 Å². The minimum Gasteiger partial charge on any atom is -0.462 e. The molecule has 0 saturated carbocycles. The Morgan fingerprint density at radius 1 is 0.306 bits per heavy atom. The molecule has 0 bridgehead atoms. The van der Waals surface area contributed by atoms with Gasteiger partial charge in [-0.3, -0.25) is 14.4 Å². The molecule has 0 rings (SSSR count). The van der Waals surface area contributed by atoms with Crippen LogP contribution in [0.3, 0.4) is 0 Å². The largest absolute Gasteiger partial charge is 0.462 e. The fourth-order valence-electron chi connectivity index (χ4n) is 8.52. The van der Waals surface area contributed by atoms with E-state index in [0.717, 1.165) is 69.6 Å². The molecule has 368 valence electrons. The molecule has 0 amide bonds. The molecular formula is C56H108O6. The lowest BCUT2D eigenvalue weighted by molar-refractivity contribution is -0.167. The fourth-order valence-corrected chi connectivity index (χ4v) is 8.52. The summed E-state index contributed by atoms with van der Waals surface area (Å²) in [6.45, 7) is 11.4. The summed E-state index contributed by atoms with van der Waals surface area (Å²) < 4.78 is 16.8. The average Bonchev–Trinajstić information content (AvgIpc) is 3.24. The summed E-state index contributed by atoms with van der Waals surface area (Å²) in [4.78, 5) is 38.0. The third kappa shape index (κ3) is 49.4. The predicted octanol–water partition coefficient (Wildman–Crippen LogP) is 18.1. The first-order chi connectivity index (χ1) is 30.2. The molecule has 0 aromatic rings. The first-order valence-corrected chi connectivity index (χ1v) is 27.7. The Bertz CT molecular complexity index is 947. The monoisotopic (exact) mass is 877 g/mol. The van der Waals surface area contributed by atoms with Crippen molar-refractivity contribution in [2.45, 2.75) is 317 Å². The fraction of sp³-hybridized carbons (Fsp3) is 0.946. The van der Waals surface area contributed by atoms with Crippen LogP contribution >= 0.6 is 0 Å². The summed E-state index contributed by atoms with van der Waals surface area (Å²) in [5.41, 5.74) is 0. The van der Waals surface area contributed by atoms with Gasteiger partial charge in [0, 0.05) is 19.3 Å². The van der Waals surface area contributed by atoms with Gasteiger partial charge in [-0.15, -0.1) is 0 Å². The van der Waals surface area contributed by atoms with E-state index in [-0.39, 0.29) is 31.1 Å². The second kappa shape index (κ2) is 48.9. The van der Waals surface area contributed by atoms with Crippen molar-refractivity contribution in [1.82, 2.24) is 0 Å². The molecule has 0 saturated heterocycles. The van der Waals surface area contributed by atoms with Crippen molar-refractivity contribution in [2.24, 2.45) is 11.8 Å². The summed E-state index contributed by atoms with van der Waals surface area (Å²) in [7, 11) is 0. The molecule has 0 aromatic heterocycles. The smallest absolute Gasteiger partial charge is 0.306 e. The third-order valence-corrected chi connectivity index (χ3v) is 12.7. The van der Waals surface area contributed by atoms with E-state index < -0.39 is 6.10 Å². The van der Waals surface area contributed by atoms with Crippen molar-refractivity contribution in [3.05, 3.63) is 0 Å². The molecule has 0 fully saturated rings. The van der Waals surface area contributed by atoms with Crippen molar-refractivity contribution < 1.29 is 28.6 Å². The number of carbonyl (C=O) groups excluding carboxylic acids is 3. The highest BCUT2D eigenvalue weighted by Crippen LogP contribution is 2.18. The van der Waals surface area contributed by atoms with E-state index in [4.69, 9.17) is 14.2 Å². The van der Waals surface area contributed by atoms with Crippen molar-refractivity contribution >= 4 is 17.9 Å². The average molecular weight is 877 g/mol. The Hall–Kier alpha value is -1.59. The first-order valence-electron chi connectivity index (χ1n) is 27.7. The summed E-state index contributed by atoms with van der Waals surface area (Å²) >= 11 is 0. The molecule has 0 unspecified atom stereocenters. The SMILES string of the molecule is CCCCCCCCCCCCCCCCCCCCC(=O)O[C@@H](COC(=O)CCCCCCCCCCCCCCCC(C)C)COC(=O)CCCCCCCCCC(C)C. The maximum Gasteiger partial charge on any atom is 0.306 e. The van der Waals surface area contributed by atoms with Gasteiger partial charge in [0.05, 0.1) is 0 Å². The maximum absolute atomic E-state index is 12.8. The van der Waals surface area contributed by atoms with E-state index in [2.05, 4.69) is 34.6 Å². The number of rotatable bonds is 50. The third-order valence-electron chi connectivity index (χ3n) is 12.7. The molecule has 0 aliphatic carbocycles. The summed E-state index contributed by atoms with van der Waals surface area (Å²) in [6, 6.07) is 0. The lowest BCUT2D eigenvalue weighted by atomic mass is 10.0. The molecular weight excluding hydrogens is 769 g/mol. The highest BCUT2D eigenvalue weighted by atomic mass is 16.6. The molecule has 0 radical (unpaired) electrons. The topological polar surface area (TPSA) is 78.9 Å². The Kier molecular flexibility index (Phi) is 47.6. The zero-order chi connectivity index (χ0) is 45.4. The van der Waals surface area contributed by atoms with Crippen molar-refractivity contribution in [1.29, 1.82) is 0 Å². The summed E-state index contributed by atoms with van der Waals surface area (Å²) in [5.74, 6) is 0.775. The van der Waals surface area contributed by atoms with E-state index >= 15 is 0 Å². The first kappa shape index (κ1) is 60.4. The lowest BCUT2D eigenvalue weighted by Crippen LogP contribution is -2.30. The van der Waals surface area contributed by atoms with Crippen molar-refractivity contribution in [3.63, 3.8) is 0 Å². The van der Waals surface area contributed by atoms with Crippen LogP contribution in [0.25, 0.3) is 0 Å². The molecule has 0 aromatic carbocycles. The van der Waals surface area contributed by atoms with Crippen LogP contribution in [0, 0.1) is 11.8 Å². The van der Waals surface area contributed by atoms with Crippen LogP contribution in [0.2, 0.25) is 0 Å². The highest BCUT2D eigenvalue weighted by Gasteiger charge is 2.19. The van der Waals surface area contributed by atoms with Crippen LogP contribution in [0.5, 0.6) is 0 Å². The van der Waals surface area contributed by atoms with Crippen LogP contribution in [0.1, 0.15) is 311 Å². The van der Waals surface area contributed by atoms with Crippen molar-refractivity contribution in [2.75, 3.05) is 13.2 Å². The Morgan fingerprint density at radius 2 is 0.532 bits per heavy atom. The second-order valence-electron chi connectivity index (χ2n) is 20.2. The Balaban J connectivity index is 4.26. The minimum atomic E-state index is -0.762. The van der Waals surface area contributed by atoms with E-state index in [1.807, 2.05) is 0 Å². The molecule has 62 heavy (non-hydrogen) atoms. The molecule has 0 spiro atoms. The van der Waals surface area contributed by atoms with Gasteiger partial charge in [-0.25, -0.2) is 0 Å². The quantitative estimate of drug-likeness (QED) is 0.0344. The van der Waals surface area contributed by atoms with Gasteiger partial charge in [-0.1, -0.05) is 272 Å². The maximum atomic E-state index is 12.8. The van der Waals surface area contributed by atoms with E-state index in [0.29, 0.717) is 19.3 Å². The number of hydrogen-bond acceptors (Lipinski definition) is 6. The van der Waals surface area contributed by atoms with Crippen LogP contribution < -0.4 is 0 Å². The van der Waals surface area contributed by atoms with Crippen LogP contribution in [-0.2, 0) is 28.6 Å². The number of ether oxygens (including phenoxy) is 3. The number of carbonyl (C=O) groups is 3. The Morgan fingerprint density at radius 3 is 0.790 bits per heavy atom. The molecule has 1 atom stereocenters. The van der Waals surface area contributed by atoms with Gasteiger partial charge in [-0.2, -0.15) is 0 Å². The van der Waals surface area contributed by atoms with Crippen LogP contribution in [0.4, 0.5) is 0 Å². The molecule has 0 aliphatic rings. The zero-order valence-corrected chi connectivity index (χ0v) is 42.5. The predicted molar refractivity (Wildman–Crippen MR) is 266 cm³/mol. The van der Waals surface area contributed by atoms with Crippen molar-refractivity contribution in [3.8, 4) is 0 Å². The molecule has 0 aliphatic heterocycles. The standard InChI is InChI=1S/C56H108O6/c1-6-7-8-9-10-11-12-13-14-15-16-17-20-24-27-32-38-43-48-56(59)62-53(50-61-55(58)47-42-37-33-28-30-35-40-45-52(4)5)49-60-54(57)46-41-36-31-26-23-21-18-19-22-25-29-34-39-44-51(2)3/h51-53H,6-50H2,1-5H3/t53-/m0/s1. The summed E-state index contributed by atoms with van der Waals surface area (Å²) in [6.07, 6.45) is 51.0. The number of hydrogen-bond donors (Lipinski definition) is 0. The van der Waals surface area contributed by atoms with Gasteiger partial charge in [0.1, 0.15) is 13.2 Å². The van der Waals surface area contributed by atoms with Gasteiger partial charge in [0.15, 0.2) is 6.10 Å². The van der Waals surface area contributed by atoms with Gasteiger partial charge in [-0.05, 0) is 31.1 Å². The van der Waals surface area contributed by atoms with Gasteiger partial charge in [0.25, 0.3) is 0 Å².